The molecule has 1 saturated carbocycles. The number of nitrogens with zero attached hydrogens (tertiary/aromatic N) is 1. The van der Waals surface area contributed by atoms with Crippen LogP contribution in [0.15, 0.2) is 42.5 Å². The highest BCUT2D eigenvalue weighted by atomic mass is 16.2. The number of amides is 3. The van der Waals surface area contributed by atoms with E-state index in [9.17, 15) is 14.4 Å². The molecule has 146 valence electrons. The first kappa shape index (κ1) is 18.7. The molecule has 1 saturated heterocycles. The molecule has 3 atom stereocenters. The van der Waals surface area contributed by atoms with Crippen molar-refractivity contribution in [1.29, 1.82) is 0 Å². The molecule has 0 radical (unpaired) electrons. The Hall–Kier alpha value is -2.69. The monoisotopic (exact) mass is 378 g/mol. The van der Waals surface area contributed by atoms with Crippen LogP contribution in [0.2, 0.25) is 0 Å². The van der Waals surface area contributed by atoms with E-state index in [0.29, 0.717) is 0 Å². The minimum absolute atomic E-state index is 0.0791. The molecule has 5 heteroatoms. The van der Waals surface area contributed by atoms with Gasteiger partial charge >= 0.3 is 0 Å². The van der Waals surface area contributed by atoms with Crippen LogP contribution in [0.3, 0.4) is 0 Å². The molecule has 1 N–H and O–H groups in total. The van der Waals surface area contributed by atoms with Crippen molar-refractivity contribution in [3.05, 3.63) is 48.0 Å². The molecule has 2 fully saturated rings. The van der Waals surface area contributed by atoms with E-state index in [1.807, 2.05) is 31.2 Å². The van der Waals surface area contributed by atoms with Crippen LogP contribution in [0.4, 0.5) is 0 Å². The Labute approximate surface area is 165 Å². The number of rotatable bonds is 5. The fourth-order valence-electron chi connectivity index (χ4n) is 4.68. The van der Waals surface area contributed by atoms with E-state index in [-0.39, 0.29) is 48.6 Å². The third-order valence-electron chi connectivity index (χ3n) is 6.16. The summed E-state index contributed by atoms with van der Waals surface area (Å²) < 4.78 is 0. The second kappa shape index (κ2) is 7.74. The molecule has 1 aliphatic heterocycles. The predicted molar refractivity (Wildman–Crippen MR) is 107 cm³/mol. The maximum Gasteiger partial charge on any atom is 0.233 e. The van der Waals surface area contributed by atoms with E-state index in [1.54, 1.807) is 0 Å². The van der Waals surface area contributed by atoms with Gasteiger partial charge in [0.15, 0.2) is 0 Å². The van der Waals surface area contributed by atoms with Crippen molar-refractivity contribution < 1.29 is 14.4 Å². The first-order valence-corrected chi connectivity index (χ1v) is 10.2. The highest BCUT2D eigenvalue weighted by molar-refractivity contribution is 6.05. The molecule has 5 nitrogen and oxygen atoms in total. The number of imide groups is 1. The summed E-state index contributed by atoms with van der Waals surface area (Å²) in [5.74, 6) is -0.608. The van der Waals surface area contributed by atoms with Gasteiger partial charge in [-0.3, -0.25) is 19.3 Å². The zero-order valence-corrected chi connectivity index (χ0v) is 16.2. The number of nitrogens with one attached hydrogen (secondary N) is 1. The summed E-state index contributed by atoms with van der Waals surface area (Å²) in [6.45, 7) is 2.14. The summed E-state index contributed by atoms with van der Waals surface area (Å²) in [4.78, 5) is 38.9. The second-order valence-electron chi connectivity index (χ2n) is 7.93. The fourth-order valence-corrected chi connectivity index (χ4v) is 4.68. The van der Waals surface area contributed by atoms with Crippen molar-refractivity contribution in [1.82, 2.24) is 10.2 Å². The molecule has 1 aliphatic carbocycles. The topological polar surface area (TPSA) is 66.5 Å². The molecule has 2 aliphatic rings. The van der Waals surface area contributed by atoms with Gasteiger partial charge in [-0.15, -0.1) is 0 Å². The largest absolute Gasteiger partial charge is 0.350 e. The molecule has 0 bridgehead atoms. The zero-order chi connectivity index (χ0) is 19.7. The molecular weight excluding hydrogens is 352 g/mol. The Morgan fingerprint density at radius 1 is 1.04 bits per heavy atom. The van der Waals surface area contributed by atoms with Crippen LogP contribution in [0, 0.1) is 11.8 Å². The third-order valence-corrected chi connectivity index (χ3v) is 6.16. The average Bonchev–Trinajstić information content (AvgIpc) is 2.96. The Bertz CT molecular complexity index is 894. The molecule has 0 spiro atoms. The predicted octanol–water partition coefficient (Wildman–Crippen LogP) is 3.58. The van der Waals surface area contributed by atoms with Gasteiger partial charge in [0.2, 0.25) is 17.7 Å². The van der Waals surface area contributed by atoms with Crippen molar-refractivity contribution in [3.8, 4) is 0 Å². The van der Waals surface area contributed by atoms with Crippen LogP contribution in [0.25, 0.3) is 10.8 Å². The van der Waals surface area contributed by atoms with E-state index >= 15 is 0 Å². The SMILES string of the molecule is C[C@H](NC(=O)CCN1C(=O)[C@H]2CCCC[C@H]2C1=O)c1cccc2ccccc12. The van der Waals surface area contributed by atoms with E-state index in [2.05, 4.69) is 23.5 Å². The van der Waals surface area contributed by atoms with Crippen LogP contribution >= 0.6 is 0 Å². The number of hydrogen-bond acceptors (Lipinski definition) is 3. The van der Waals surface area contributed by atoms with Crippen LogP contribution in [-0.2, 0) is 14.4 Å². The fraction of sp³-hybridized carbons (Fsp3) is 0.435. The van der Waals surface area contributed by atoms with Gasteiger partial charge in [-0.1, -0.05) is 55.3 Å². The molecule has 0 aromatic heterocycles. The molecule has 2 aromatic rings. The van der Waals surface area contributed by atoms with Gasteiger partial charge < -0.3 is 5.32 Å². The minimum Gasteiger partial charge on any atom is -0.350 e. The van der Waals surface area contributed by atoms with Crippen LogP contribution in [0.5, 0.6) is 0 Å². The quantitative estimate of drug-likeness (QED) is 0.809. The maximum absolute atomic E-state index is 12.5. The van der Waals surface area contributed by atoms with Crippen LogP contribution in [-0.4, -0.2) is 29.2 Å². The van der Waals surface area contributed by atoms with Crippen molar-refractivity contribution in [2.24, 2.45) is 11.8 Å². The summed E-state index contributed by atoms with van der Waals surface area (Å²) in [6.07, 6.45) is 3.77. The van der Waals surface area contributed by atoms with E-state index < -0.39 is 0 Å². The van der Waals surface area contributed by atoms with E-state index in [0.717, 1.165) is 42.0 Å². The number of carbonyl (C=O) groups excluding carboxylic acids is 3. The lowest BCUT2D eigenvalue weighted by atomic mass is 9.81. The van der Waals surface area contributed by atoms with Gasteiger partial charge in [0, 0.05) is 13.0 Å². The lowest BCUT2D eigenvalue weighted by molar-refractivity contribution is -0.140. The van der Waals surface area contributed by atoms with E-state index in [1.165, 1.54) is 4.90 Å². The number of hydrogen-bond donors (Lipinski definition) is 1. The number of benzene rings is 2. The summed E-state index contributed by atoms with van der Waals surface area (Å²) in [7, 11) is 0. The van der Waals surface area contributed by atoms with Gasteiger partial charge in [0.05, 0.1) is 17.9 Å². The van der Waals surface area contributed by atoms with Crippen molar-refractivity contribution in [3.63, 3.8) is 0 Å². The molecule has 0 unspecified atom stereocenters. The molecule has 28 heavy (non-hydrogen) atoms. The van der Waals surface area contributed by atoms with Crippen molar-refractivity contribution in [2.45, 2.75) is 45.1 Å². The van der Waals surface area contributed by atoms with Gasteiger partial charge in [0.25, 0.3) is 0 Å². The van der Waals surface area contributed by atoms with Crippen LogP contribution < -0.4 is 5.32 Å². The molecular formula is C23H26N2O3. The molecule has 4 rings (SSSR count). The number of fused-ring (bicyclic) bond motifs is 2. The molecule has 2 aromatic carbocycles. The average molecular weight is 378 g/mol. The van der Waals surface area contributed by atoms with Gasteiger partial charge in [-0.2, -0.15) is 0 Å². The maximum atomic E-state index is 12.5. The van der Waals surface area contributed by atoms with Gasteiger partial charge in [-0.05, 0) is 36.1 Å². The van der Waals surface area contributed by atoms with Gasteiger partial charge in [0.1, 0.15) is 0 Å². The second-order valence-corrected chi connectivity index (χ2v) is 7.93. The first-order valence-electron chi connectivity index (χ1n) is 10.2. The third kappa shape index (κ3) is 3.41. The Morgan fingerprint density at radius 3 is 2.39 bits per heavy atom. The first-order chi connectivity index (χ1) is 13.6. The number of likely N-dealkylation sites (tertiary alicyclic amines) is 1. The Balaban J connectivity index is 1.38. The Morgan fingerprint density at radius 2 is 1.68 bits per heavy atom. The van der Waals surface area contributed by atoms with Crippen LogP contribution in [0.1, 0.15) is 50.6 Å². The van der Waals surface area contributed by atoms with Crippen molar-refractivity contribution in [2.75, 3.05) is 6.54 Å². The smallest absolute Gasteiger partial charge is 0.233 e. The normalized spacial score (nSPS) is 23.0. The number of carbonyl (C=O) groups is 3. The van der Waals surface area contributed by atoms with Crippen molar-refractivity contribution >= 4 is 28.5 Å². The van der Waals surface area contributed by atoms with Gasteiger partial charge in [-0.25, -0.2) is 0 Å². The standard InChI is InChI=1S/C23H26N2O3/c1-15(17-12-6-8-16-7-2-3-9-18(16)17)24-21(26)13-14-25-22(27)19-10-4-5-11-20(19)23(25)28/h2-3,6-9,12,15,19-20H,4-5,10-11,13-14H2,1H3,(H,24,26)/t15-,19-,20+/m0/s1. The summed E-state index contributed by atoms with van der Waals surface area (Å²) >= 11 is 0. The van der Waals surface area contributed by atoms with E-state index in [4.69, 9.17) is 0 Å². The zero-order valence-electron chi connectivity index (χ0n) is 16.2. The Kier molecular flexibility index (Phi) is 5.16. The highest BCUT2D eigenvalue weighted by Gasteiger charge is 2.47. The highest BCUT2D eigenvalue weighted by Crippen LogP contribution is 2.38. The lowest BCUT2D eigenvalue weighted by Gasteiger charge is -2.19. The summed E-state index contributed by atoms with van der Waals surface area (Å²) in [5, 5.41) is 5.27. The molecule has 3 amide bonds. The summed E-state index contributed by atoms with van der Waals surface area (Å²) in [5.41, 5.74) is 1.06. The minimum atomic E-state index is -0.154. The summed E-state index contributed by atoms with van der Waals surface area (Å²) in [6, 6.07) is 14.0. The lowest BCUT2D eigenvalue weighted by Crippen LogP contribution is -2.36. The molecule has 1 heterocycles.